The molecule has 0 spiro atoms. The van der Waals surface area contributed by atoms with Gasteiger partial charge in [0.05, 0.1) is 23.3 Å². The quantitative estimate of drug-likeness (QED) is 0.810. The van der Waals surface area contributed by atoms with Crippen molar-refractivity contribution in [2.45, 2.75) is 32.3 Å². The van der Waals surface area contributed by atoms with Gasteiger partial charge in [-0.3, -0.25) is 0 Å². The number of hydrogen-bond acceptors (Lipinski definition) is 4. The SMILES string of the molecule is CCC(O)(CC)COc1c(Cl)cc(C(=O)O)cc1OC. The summed E-state index contributed by atoms with van der Waals surface area (Å²) >= 11 is 6.02. The molecule has 2 N–H and O–H groups in total. The number of aliphatic hydroxyl groups is 1. The van der Waals surface area contributed by atoms with Crippen LogP contribution < -0.4 is 9.47 Å². The summed E-state index contributed by atoms with van der Waals surface area (Å²) in [5.74, 6) is -0.640. The Balaban J connectivity index is 3.03. The summed E-state index contributed by atoms with van der Waals surface area (Å²) in [6.07, 6.45) is 1.08. The van der Waals surface area contributed by atoms with Crippen LogP contribution in [0, 0.1) is 0 Å². The van der Waals surface area contributed by atoms with E-state index in [0.29, 0.717) is 12.8 Å². The number of aromatic carboxylic acids is 1. The van der Waals surface area contributed by atoms with E-state index in [4.69, 9.17) is 26.2 Å². The van der Waals surface area contributed by atoms with Crippen LogP contribution in [0.2, 0.25) is 5.02 Å². The van der Waals surface area contributed by atoms with Gasteiger partial charge in [0.25, 0.3) is 0 Å². The van der Waals surface area contributed by atoms with Crippen molar-refractivity contribution in [3.05, 3.63) is 22.7 Å². The summed E-state index contributed by atoms with van der Waals surface area (Å²) < 4.78 is 10.6. The summed E-state index contributed by atoms with van der Waals surface area (Å²) in [6, 6.07) is 2.62. The van der Waals surface area contributed by atoms with Crippen molar-refractivity contribution in [1.82, 2.24) is 0 Å². The molecule has 112 valence electrons. The lowest BCUT2D eigenvalue weighted by atomic mass is 9.99. The molecule has 0 bridgehead atoms. The van der Waals surface area contributed by atoms with Gasteiger partial charge in [-0.1, -0.05) is 25.4 Å². The zero-order valence-corrected chi connectivity index (χ0v) is 12.5. The van der Waals surface area contributed by atoms with Crippen molar-refractivity contribution in [3.63, 3.8) is 0 Å². The van der Waals surface area contributed by atoms with Gasteiger partial charge in [0.1, 0.15) is 6.61 Å². The minimum atomic E-state index is -1.10. The van der Waals surface area contributed by atoms with E-state index in [1.54, 1.807) is 0 Å². The summed E-state index contributed by atoms with van der Waals surface area (Å²) in [6.45, 7) is 3.78. The molecule has 0 saturated heterocycles. The molecule has 0 aliphatic rings. The van der Waals surface area contributed by atoms with Gasteiger partial charge in [0.2, 0.25) is 0 Å². The minimum Gasteiger partial charge on any atom is -0.493 e. The maximum absolute atomic E-state index is 10.9. The highest BCUT2D eigenvalue weighted by Crippen LogP contribution is 2.37. The first kappa shape index (κ1) is 16.6. The number of carboxylic acid groups (broad SMARTS) is 1. The number of ether oxygens (including phenoxy) is 2. The zero-order valence-electron chi connectivity index (χ0n) is 11.8. The van der Waals surface area contributed by atoms with Crippen molar-refractivity contribution in [2.75, 3.05) is 13.7 Å². The Labute approximate surface area is 123 Å². The lowest BCUT2D eigenvalue weighted by Crippen LogP contribution is -2.34. The van der Waals surface area contributed by atoms with Crippen LogP contribution in [0.15, 0.2) is 12.1 Å². The third-order valence-electron chi connectivity index (χ3n) is 3.28. The molecule has 1 aromatic carbocycles. The Morgan fingerprint density at radius 2 is 1.95 bits per heavy atom. The van der Waals surface area contributed by atoms with Crippen LogP contribution in [0.5, 0.6) is 11.5 Å². The van der Waals surface area contributed by atoms with E-state index < -0.39 is 11.6 Å². The topological polar surface area (TPSA) is 76.0 Å². The van der Waals surface area contributed by atoms with E-state index in [1.165, 1.54) is 19.2 Å². The van der Waals surface area contributed by atoms with Gasteiger partial charge >= 0.3 is 5.97 Å². The van der Waals surface area contributed by atoms with Crippen molar-refractivity contribution < 1.29 is 24.5 Å². The Morgan fingerprint density at radius 3 is 2.40 bits per heavy atom. The van der Waals surface area contributed by atoms with E-state index in [2.05, 4.69) is 0 Å². The Bertz CT molecular complexity index is 483. The standard InChI is InChI=1S/C14H19ClO5/c1-4-14(18,5-2)8-20-12-10(15)6-9(13(16)17)7-11(12)19-3/h6-7,18H,4-5,8H2,1-3H3,(H,16,17). The molecule has 6 heteroatoms. The Morgan fingerprint density at radius 1 is 1.35 bits per heavy atom. The zero-order chi connectivity index (χ0) is 15.3. The van der Waals surface area contributed by atoms with Gasteiger partial charge in [0, 0.05) is 0 Å². The molecule has 0 unspecified atom stereocenters. The van der Waals surface area contributed by atoms with Crippen molar-refractivity contribution in [2.24, 2.45) is 0 Å². The number of rotatable bonds is 7. The maximum atomic E-state index is 10.9. The highest BCUT2D eigenvalue weighted by atomic mass is 35.5. The predicted octanol–water partition coefficient (Wildman–Crippen LogP) is 2.98. The molecule has 0 fully saturated rings. The average Bonchev–Trinajstić information content (AvgIpc) is 2.44. The third-order valence-corrected chi connectivity index (χ3v) is 3.56. The number of hydrogen-bond donors (Lipinski definition) is 2. The predicted molar refractivity (Wildman–Crippen MR) is 76.0 cm³/mol. The summed E-state index contributed by atoms with van der Waals surface area (Å²) in [5, 5.41) is 19.3. The van der Waals surface area contributed by atoms with Crippen LogP contribution in [0.25, 0.3) is 0 Å². The largest absolute Gasteiger partial charge is 0.493 e. The summed E-state index contributed by atoms with van der Waals surface area (Å²) in [7, 11) is 1.40. The van der Waals surface area contributed by atoms with Gasteiger partial charge in [-0.2, -0.15) is 0 Å². The molecule has 0 aromatic heterocycles. The fourth-order valence-corrected chi connectivity index (χ4v) is 1.91. The van der Waals surface area contributed by atoms with E-state index in [0.717, 1.165) is 0 Å². The molecular formula is C14H19ClO5. The van der Waals surface area contributed by atoms with Gasteiger partial charge in [-0.15, -0.1) is 0 Å². The fraction of sp³-hybridized carbons (Fsp3) is 0.500. The van der Waals surface area contributed by atoms with Crippen LogP contribution in [-0.2, 0) is 0 Å². The number of halogens is 1. The molecule has 1 aromatic rings. The third kappa shape index (κ3) is 3.77. The first-order valence-corrected chi connectivity index (χ1v) is 6.70. The lowest BCUT2D eigenvalue weighted by molar-refractivity contribution is -0.0119. The van der Waals surface area contributed by atoms with Crippen LogP contribution >= 0.6 is 11.6 Å². The maximum Gasteiger partial charge on any atom is 0.335 e. The number of benzene rings is 1. The van der Waals surface area contributed by atoms with E-state index >= 15 is 0 Å². The second-order valence-corrected chi connectivity index (χ2v) is 4.92. The van der Waals surface area contributed by atoms with Gasteiger partial charge in [0.15, 0.2) is 11.5 Å². The molecular weight excluding hydrogens is 284 g/mol. The molecule has 0 atom stereocenters. The van der Waals surface area contributed by atoms with Crippen LogP contribution in [0.3, 0.4) is 0 Å². The fourth-order valence-electron chi connectivity index (χ4n) is 1.64. The monoisotopic (exact) mass is 302 g/mol. The molecule has 0 heterocycles. The van der Waals surface area contributed by atoms with Crippen molar-refractivity contribution >= 4 is 17.6 Å². The minimum absolute atomic E-state index is 0.0143. The normalized spacial score (nSPS) is 11.2. The Hall–Kier alpha value is -1.46. The summed E-state index contributed by atoms with van der Waals surface area (Å²) in [4.78, 5) is 10.9. The second-order valence-electron chi connectivity index (χ2n) is 4.51. The highest BCUT2D eigenvalue weighted by molar-refractivity contribution is 6.32. The Kier molecular flexibility index (Phi) is 5.65. The molecule has 5 nitrogen and oxygen atoms in total. The van der Waals surface area contributed by atoms with E-state index in [1.807, 2.05) is 13.8 Å². The highest BCUT2D eigenvalue weighted by Gasteiger charge is 2.25. The summed E-state index contributed by atoms with van der Waals surface area (Å²) in [5.41, 5.74) is -0.930. The molecule has 0 saturated carbocycles. The first-order valence-electron chi connectivity index (χ1n) is 6.33. The lowest BCUT2D eigenvalue weighted by Gasteiger charge is -2.26. The van der Waals surface area contributed by atoms with Crippen molar-refractivity contribution in [3.8, 4) is 11.5 Å². The number of methoxy groups -OCH3 is 1. The smallest absolute Gasteiger partial charge is 0.335 e. The first-order chi connectivity index (χ1) is 9.36. The molecule has 0 aliphatic carbocycles. The molecule has 20 heavy (non-hydrogen) atoms. The molecule has 0 amide bonds. The second kappa shape index (κ2) is 6.81. The van der Waals surface area contributed by atoms with Gasteiger partial charge in [-0.05, 0) is 25.0 Å². The van der Waals surface area contributed by atoms with Crippen LogP contribution in [0.4, 0.5) is 0 Å². The van der Waals surface area contributed by atoms with Crippen LogP contribution in [0.1, 0.15) is 37.0 Å². The van der Waals surface area contributed by atoms with Crippen molar-refractivity contribution in [1.29, 1.82) is 0 Å². The molecule has 0 aliphatic heterocycles. The van der Waals surface area contributed by atoms with E-state index in [9.17, 15) is 9.90 Å². The van der Waals surface area contributed by atoms with Crippen LogP contribution in [-0.4, -0.2) is 35.5 Å². The van der Waals surface area contributed by atoms with E-state index in [-0.39, 0.29) is 28.7 Å². The molecule has 1 rings (SSSR count). The molecule has 0 radical (unpaired) electrons. The number of carbonyl (C=O) groups is 1. The van der Waals surface area contributed by atoms with Gasteiger partial charge in [-0.25, -0.2) is 4.79 Å². The average molecular weight is 303 g/mol. The number of carboxylic acids is 1. The van der Waals surface area contributed by atoms with Gasteiger partial charge < -0.3 is 19.7 Å².